The fourth-order valence-electron chi connectivity index (χ4n) is 7.55. The van der Waals surface area contributed by atoms with Gasteiger partial charge in [0.25, 0.3) is 0 Å². The first-order valence-corrected chi connectivity index (χ1v) is 18.7. The van der Waals surface area contributed by atoms with Gasteiger partial charge in [0.2, 0.25) is 0 Å². The number of aryl methyl sites for hydroxylation is 2. The Bertz CT molecular complexity index is 3080. The summed E-state index contributed by atoms with van der Waals surface area (Å²) in [4.78, 5) is 29.4. The minimum Gasteiger partial charge on any atom is -0.264 e. The highest BCUT2D eigenvalue weighted by Crippen LogP contribution is 2.33. The monoisotopic (exact) mass is 718 g/mol. The number of hydrogen-bond acceptors (Lipinski definition) is 6. The summed E-state index contributed by atoms with van der Waals surface area (Å²) in [6.45, 7) is 4.17. The molecule has 6 nitrogen and oxygen atoms in total. The van der Waals surface area contributed by atoms with Crippen molar-refractivity contribution in [1.29, 1.82) is 0 Å². The van der Waals surface area contributed by atoms with Crippen molar-refractivity contribution < 1.29 is 0 Å². The van der Waals surface area contributed by atoms with E-state index >= 15 is 0 Å². The van der Waals surface area contributed by atoms with Crippen LogP contribution in [0.4, 0.5) is 0 Å². The molecule has 0 aliphatic heterocycles. The minimum absolute atomic E-state index is 0.616. The molecule has 0 radical (unpaired) electrons. The number of nitrogens with zero attached hydrogens (tertiary/aromatic N) is 6. The maximum absolute atomic E-state index is 5.11. The predicted octanol–water partition coefficient (Wildman–Crippen LogP) is 12.1. The predicted molar refractivity (Wildman–Crippen MR) is 228 cm³/mol. The van der Waals surface area contributed by atoms with Crippen molar-refractivity contribution in [2.24, 2.45) is 0 Å². The number of hydrogen-bond donors (Lipinski definition) is 0. The Hall–Kier alpha value is -7.44. The maximum Gasteiger partial charge on any atom is 0.164 e. The lowest BCUT2D eigenvalue weighted by Crippen LogP contribution is -2.00. The molecule has 0 aliphatic carbocycles. The van der Waals surface area contributed by atoms with Gasteiger partial charge in [-0.1, -0.05) is 133 Å². The van der Waals surface area contributed by atoms with Crippen LogP contribution < -0.4 is 0 Å². The topological polar surface area (TPSA) is 77.3 Å². The summed E-state index contributed by atoms with van der Waals surface area (Å²) in [5.74, 6) is 1.86. The Morgan fingerprint density at radius 3 is 1.77 bits per heavy atom. The Kier molecular flexibility index (Phi) is 8.15. The third-order valence-electron chi connectivity index (χ3n) is 10.4. The second-order valence-corrected chi connectivity index (χ2v) is 14.1. The lowest BCUT2D eigenvalue weighted by atomic mass is 9.98. The molecule has 4 aromatic heterocycles. The van der Waals surface area contributed by atoms with Crippen molar-refractivity contribution in [3.63, 3.8) is 0 Å². The normalized spacial score (nSPS) is 11.4. The average Bonchev–Trinajstić information content (AvgIpc) is 3.26. The van der Waals surface area contributed by atoms with E-state index in [2.05, 4.69) is 133 Å². The molecule has 0 spiro atoms. The standard InChI is InChI=1S/C50H34N6/c1-31-28-32(2)52-47-42(31)24-22-37-23-25-45(53-46(37)47)36-18-14-33(15-19-36)34-16-20-39(21-17-34)49-54-48(38-8-4-3-5-9-38)55-50(56-49)41-12-6-11-40(29-41)43-13-7-10-35-26-27-51-30-44(35)43/h3-30H,1-2H3. The van der Waals surface area contributed by atoms with Crippen LogP contribution in [0.5, 0.6) is 0 Å². The van der Waals surface area contributed by atoms with Gasteiger partial charge in [0.1, 0.15) is 0 Å². The highest BCUT2D eigenvalue weighted by molar-refractivity contribution is 6.04. The smallest absolute Gasteiger partial charge is 0.164 e. The molecule has 10 aromatic rings. The van der Waals surface area contributed by atoms with Crippen LogP contribution >= 0.6 is 0 Å². The maximum atomic E-state index is 5.11. The van der Waals surface area contributed by atoms with Crippen LogP contribution in [0.15, 0.2) is 170 Å². The van der Waals surface area contributed by atoms with E-state index in [0.717, 1.165) is 88.5 Å². The Labute approximate surface area is 324 Å². The molecular weight excluding hydrogens is 685 g/mol. The van der Waals surface area contributed by atoms with E-state index in [1.165, 1.54) is 5.56 Å². The number of benzene rings is 6. The van der Waals surface area contributed by atoms with Gasteiger partial charge in [0.05, 0.1) is 16.7 Å². The molecule has 0 atom stereocenters. The van der Waals surface area contributed by atoms with Gasteiger partial charge < -0.3 is 0 Å². The lowest BCUT2D eigenvalue weighted by Gasteiger charge is -2.11. The minimum atomic E-state index is 0.616. The van der Waals surface area contributed by atoms with Gasteiger partial charge in [-0.15, -0.1) is 0 Å². The highest BCUT2D eigenvalue weighted by atomic mass is 15.0. The zero-order chi connectivity index (χ0) is 37.6. The molecule has 0 aliphatic rings. The zero-order valence-corrected chi connectivity index (χ0v) is 30.8. The van der Waals surface area contributed by atoms with Gasteiger partial charge in [-0.05, 0) is 71.3 Å². The van der Waals surface area contributed by atoms with Crippen LogP contribution in [0, 0.1) is 13.8 Å². The second-order valence-electron chi connectivity index (χ2n) is 14.1. The van der Waals surface area contributed by atoms with Gasteiger partial charge >= 0.3 is 0 Å². The first-order valence-electron chi connectivity index (χ1n) is 18.7. The van der Waals surface area contributed by atoms with Crippen LogP contribution in [0.2, 0.25) is 0 Å². The fourth-order valence-corrected chi connectivity index (χ4v) is 7.55. The van der Waals surface area contributed by atoms with E-state index in [0.29, 0.717) is 17.5 Å². The van der Waals surface area contributed by atoms with Crippen molar-refractivity contribution in [1.82, 2.24) is 29.9 Å². The largest absolute Gasteiger partial charge is 0.264 e. The molecular formula is C50H34N6. The first-order chi connectivity index (χ1) is 27.5. The van der Waals surface area contributed by atoms with Crippen LogP contribution in [-0.4, -0.2) is 29.9 Å². The Morgan fingerprint density at radius 1 is 0.375 bits per heavy atom. The summed E-state index contributed by atoms with van der Waals surface area (Å²) in [5.41, 5.74) is 13.2. The van der Waals surface area contributed by atoms with Gasteiger partial charge in [0, 0.05) is 56.5 Å². The molecule has 0 fully saturated rings. The zero-order valence-electron chi connectivity index (χ0n) is 30.8. The van der Waals surface area contributed by atoms with Crippen LogP contribution in [0.1, 0.15) is 11.3 Å². The SMILES string of the molecule is Cc1cc(C)c2ccc3ccc(-c4ccc(-c5ccc(-c6nc(-c7ccccc7)nc(-c7cccc(-c8cccc9ccncc89)c7)n6)cc5)cc4)nc3c2n1. The molecule has 0 amide bonds. The van der Waals surface area contributed by atoms with Gasteiger partial charge in [-0.3, -0.25) is 9.97 Å². The van der Waals surface area contributed by atoms with E-state index in [1.807, 2.05) is 55.7 Å². The van der Waals surface area contributed by atoms with E-state index in [9.17, 15) is 0 Å². The number of pyridine rings is 3. The van der Waals surface area contributed by atoms with Gasteiger partial charge in [-0.2, -0.15) is 0 Å². The molecule has 4 heterocycles. The van der Waals surface area contributed by atoms with Crippen molar-refractivity contribution in [2.45, 2.75) is 13.8 Å². The van der Waals surface area contributed by atoms with Crippen LogP contribution in [0.3, 0.4) is 0 Å². The summed E-state index contributed by atoms with van der Waals surface area (Å²) < 4.78 is 0. The molecule has 264 valence electrons. The average molecular weight is 719 g/mol. The van der Waals surface area contributed by atoms with Crippen molar-refractivity contribution in [3.05, 3.63) is 181 Å². The Balaban J connectivity index is 0.980. The van der Waals surface area contributed by atoms with E-state index in [1.54, 1.807) is 0 Å². The molecule has 0 N–H and O–H groups in total. The van der Waals surface area contributed by atoms with E-state index < -0.39 is 0 Å². The number of rotatable bonds is 6. The summed E-state index contributed by atoms with van der Waals surface area (Å²) in [6, 6.07) is 54.5. The fraction of sp³-hybridized carbons (Fsp3) is 0.0400. The summed E-state index contributed by atoms with van der Waals surface area (Å²) in [6.07, 6.45) is 3.75. The molecule has 0 saturated heterocycles. The van der Waals surface area contributed by atoms with E-state index in [-0.39, 0.29) is 0 Å². The summed E-state index contributed by atoms with van der Waals surface area (Å²) in [5, 5.41) is 4.48. The molecule has 10 rings (SSSR count). The van der Waals surface area contributed by atoms with Crippen LogP contribution in [0.25, 0.3) is 100 Å². The molecule has 6 aromatic carbocycles. The van der Waals surface area contributed by atoms with Crippen LogP contribution in [-0.2, 0) is 0 Å². The third-order valence-corrected chi connectivity index (χ3v) is 10.4. The third kappa shape index (κ3) is 6.13. The van der Waals surface area contributed by atoms with Crippen molar-refractivity contribution in [2.75, 3.05) is 0 Å². The Morgan fingerprint density at radius 2 is 1.00 bits per heavy atom. The lowest BCUT2D eigenvalue weighted by molar-refractivity contribution is 1.07. The van der Waals surface area contributed by atoms with Gasteiger partial charge in [-0.25, -0.2) is 19.9 Å². The first kappa shape index (κ1) is 33.2. The molecule has 56 heavy (non-hydrogen) atoms. The van der Waals surface area contributed by atoms with E-state index in [4.69, 9.17) is 24.9 Å². The quantitative estimate of drug-likeness (QED) is 0.159. The molecule has 6 heteroatoms. The summed E-state index contributed by atoms with van der Waals surface area (Å²) in [7, 11) is 0. The van der Waals surface area contributed by atoms with Crippen molar-refractivity contribution >= 4 is 32.6 Å². The summed E-state index contributed by atoms with van der Waals surface area (Å²) >= 11 is 0. The highest BCUT2D eigenvalue weighted by Gasteiger charge is 2.15. The molecule has 0 unspecified atom stereocenters. The molecule has 0 bridgehead atoms. The number of fused-ring (bicyclic) bond motifs is 4. The second kappa shape index (κ2) is 13.8. The van der Waals surface area contributed by atoms with Crippen molar-refractivity contribution in [3.8, 4) is 67.7 Å². The van der Waals surface area contributed by atoms with Gasteiger partial charge in [0.15, 0.2) is 17.5 Å². The molecule has 0 saturated carbocycles. The number of aromatic nitrogens is 6.